The van der Waals surface area contributed by atoms with Crippen LogP contribution in [0.4, 0.5) is 4.39 Å². The first-order valence-electron chi connectivity index (χ1n) is 12.2. The molecule has 2 aromatic carbocycles. The minimum atomic E-state index is -0.399. The van der Waals surface area contributed by atoms with E-state index in [-0.39, 0.29) is 30.2 Å². The lowest BCUT2D eigenvalue weighted by atomic mass is 9.97. The number of likely N-dealkylation sites (tertiary alicyclic amines) is 1. The van der Waals surface area contributed by atoms with Crippen LogP contribution in [-0.2, 0) is 14.3 Å². The predicted octanol–water partition coefficient (Wildman–Crippen LogP) is 3.80. The Kier molecular flexibility index (Phi) is 8.20. The van der Waals surface area contributed by atoms with E-state index in [4.69, 9.17) is 14.2 Å². The molecule has 0 N–H and O–H groups in total. The molecule has 0 aromatic heterocycles. The van der Waals surface area contributed by atoms with Crippen LogP contribution in [0.15, 0.2) is 47.6 Å². The van der Waals surface area contributed by atoms with Crippen LogP contribution < -0.4 is 9.47 Å². The van der Waals surface area contributed by atoms with E-state index in [1.165, 1.54) is 17.1 Å². The fourth-order valence-corrected chi connectivity index (χ4v) is 4.81. The number of carbonyl (C=O) groups is 2. The van der Waals surface area contributed by atoms with Crippen LogP contribution in [0, 0.1) is 11.7 Å². The van der Waals surface area contributed by atoms with Gasteiger partial charge in [-0.25, -0.2) is 9.40 Å². The molecule has 2 heterocycles. The van der Waals surface area contributed by atoms with Gasteiger partial charge in [-0.3, -0.25) is 14.5 Å². The van der Waals surface area contributed by atoms with Gasteiger partial charge < -0.3 is 14.2 Å². The lowest BCUT2D eigenvalue weighted by Crippen LogP contribution is -2.44. The number of methoxy groups -OCH3 is 2. The third-order valence-electron chi connectivity index (χ3n) is 6.63. The maximum absolute atomic E-state index is 13.6. The highest BCUT2D eigenvalue weighted by molar-refractivity contribution is 6.03. The minimum Gasteiger partial charge on any atom is -0.497 e. The average molecular weight is 498 g/mol. The molecule has 2 aromatic rings. The number of ether oxygens (including phenoxy) is 3. The van der Waals surface area contributed by atoms with Gasteiger partial charge in [-0.15, -0.1) is 0 Å². The summed E-state index contributed by atoms with van der Waals surface area (Å²) in [5, 5.41) is 6.18. The Bertz CT molecular complexity index is 1120. The number of hydrogen-bond donors (Lipinski definition) is 0. The van der Waals surface area contributed by atoms with Crippen molar-refractivity contribution in [2.45, 2.75) is 32.2 Å². The summed E-state index contributed by atoms with van der Waals surface area (Å²) in [6.07, 6.45) is 2.02. The molecule has 0 spiro atoms. The number of hydrazone groups is 1. The van der Waals surface area contributed by atoms with Crippen molar-refractivity contribution in [1.82, 2.24) is 9.91 Å². The van der Waals surface area contributed by atoms with Gasteiger partial charge in [0, 0.05) is 24.6 Å². The van der Waals surface area contributed by atoms with E-state index in [1.807, 2.05) is 17.0 Å². The van der Waals surface area contributed by atoms with Crippen molar-refractivity contribution < 1.29 is 28.2 Å². The van der Waals surface area contributed by atoms with Crippen LogP contribution in [-0.4, -0.2) is 68.0 Å². The largest absolute Gasteiger partial charge is 0.497 e. The monoisotopic (exact) mass is 497 g/mol. The second-order valence-electron chi connectivity index (χ2n) is 8.95. The molecule has 0 saturated carbocycles. The van der Waals surface area contributed by atoms with Gasteiger partial charge in [-0.05, 0) is 56.1 Å². The number of hydrogen-bond acceptors (Lipinski definition) is 7. The molecule has 4 rings (SSSR count). The van der Waals surface area contributed by atoms with E-state index in [0.717, 1.165) is 30.5 Å². The van der Waals surface area contributed by atoms with E-state index in [0.29, 0.717) is 36.8 Å². The fraction of sp³-hybridized carbons (Fsp3) is 0.444. The van der Waals surface area contributed by atoms with Crippen molar-refractivity contribution in [3.63, 3.8) is 0 Å². The summed E-state index contributed by atoms with van der Waals surface area (Å²) in [6, 6.07) is 11.2. The molecule has 1 fully saturated rings. The van der Waals surface area contributed by atoms with E-state index < -0.39 is 6.04 Å². The van der Waals surface area contributed by atoms with E-state index >= 15 is 0 Å². The summed E-state index contributed by atoms with van der Waals surface area (Å²) in [5.41, 5.74) is 2.24. The molecule has 2 aliphatic rings. The van der Waals surface area contributed by atoms with Crippen molar-refractivity contribution in [3.05, 3.63) is 59.4 Å². The van der Waals surface area contributed by atoms with Crippen molar-refractivity contribution in [2.75, 3.05) is 40.5 Å². The zero-order valence-electron chi connectivity index (χ0n) is 20.9. The number of nitrogens with zero attached hydrogens (tertiary/aromatic N) is 3. The normalized spacial score (nSPS) is 20.1. The summed E-state index contributed by atoms with van der Waals surface area (Å²) in [5.74, 6) is 0.269. The Balaban J connectivity index is 1.59. The zero-order chi connectivity index (χ0) is 25.7. The molecular formula is C27H32FN3O5. The first-order chi connectivity index (χ1) is 17.4. The number of benzene rings is 2. The molecule has 2 aliphatic heterocycles. The van der Waals surface area contributed by atoms with Crippen LogP contribution >= 0.6 is 0 Å². The second kappa shape index (κ2) is 11.5. The van der Waals surface area contributed by atoms with E-state index in [2.05, 4.69) is 5.10 Å². The quantitative estimate of drug-likeness (QED) is 0.516. The lowest BCUT2D eigenvalue weighted by molar-refractivity contribution is -0.150. The third-order valence-corrected chi connectivity index (χ3v) is 6.63. The highest BCUT2D eigenvalue weighted by Gasteiger charge is 2.36. The maximum Gasteiger partial charge on any atom is 0.310 e. The van der Waals surface area contributed by atoms with Crippen LogP contribution in [0.3, 0.4) is 0 Å². The topological polar surface area (TPSA) is 80.7 Å². The molecule has 36 heavy (non-hydrogen) atoms. The predicted molar refractivity (Wildman–Crippen MR) is 132 cm³/mol. The Morgan fingerprint density at radius 3 is 2.58 bits per heavy atom. The Morgan fingerprint density at radius 2 is 1.89 bits per heavy atom. The zero-order valence-corrected chi connectivity index (χ0v) is 20.9. The van der Waals surface area contributed by atoms with Gasteiger partial charge in [0.05, 0.1) is 45.0 Å². The molecule has 1 saturated heterocycles. The molecule has 0 bridgehead atoms. The van der Waals surface area contributed by atoms with Crippen molar-refractivity contribution in [3.8, 4) is 11.5 Å². The van der Waals surface area contributed by atoms with Gasteiger partial charge in [0.2, 0.25) is 0 Å². The number of rotatable bonds is 8. The Morgan fingerprint density at radius 1 is 1.11 bits per heavy atom. The summed E-state index contributed by atoms with van der Waals surface area (Å²) in [6.45, 7) is 3.46. The third kappa shape index (κ3) is 5.67. The molecule has 2 atom stereocenters. The Labute approximate surface area is 210 Å². The van der Waals surface area contributed by atoms with Crippen LogP contribution in [0.2, 0.25) is 0 Å². The molecule has 8 nitrogen and oxygen atoms in total. The van der Waals surface area contributed by atoms with Gasteiger partial charge >= 0.3 is 5.97 Å². The lowest BCUT2D eigenvalue weighted by Gasteiger charge is -2.32. The summed E-state index contributed by atoms with van der Waals surface area (Å²) in [4.78, 5) is 27.8. The van der Waals surface area contributed by atoms with E-state index in [1.54, 1.807) is 39.3 Å². The average Bonchev–Trinajstić information content (AvgIpc) is 3.34. The van der Waals surface area contributed by atoms with Crippen LogP contribution in [0.5, 0.6) is 11.5 Å². The fourth-order valence-electron chi connectivity index (χ4n) is 4.81. The van der Waals surface area contributed by atoms with Gasteiger partial charge in [0.1, 0.15) is 17.3 Å². The van der Waals surface area contributed by atoms with Crippen molar-refractivity contribution >= 4 is 17.6 Å². The molecular weight excluding hydrogens is 465 g/mol. The maximum atomic E-state index is 13.6. The summed E-state index contributed by atoms with van der Waals surface area (Å²) < 4.78 is 29.7. The standard InChI is InChI=1S/C27H32FN3O5/c1-4-36-27(33)19-6-5-13-30(16-19)17-26(32)31-24(22-12-11-21(34-2)14-25(22)35-3)15-23(29-31)18-7-9-20(28)10-8-18/h7-12,14,19,24H,4-6,13,15-17H2,1-3H3/t19-,24+/m1/s1. The van der Waals surface area contributed by atoms with Gasteiger partial charge in [-0.2, -0.15) is 5.10 Å². The van der Waals surface area contributed by atoms with Crippen molar-refractivity contribution in [1.29, 1.82) is 0 Å². The molecule has 0 aliphatic carbocycles. The number of amides is 1. The Hall–Kier alpha value is -3.46. The summed E-state index contributed by atoms with van der Waals surface area (Å²) >= 11 is 0. The first-order valence-corrected chi connectivity index (χ1v) is 12.2. The van der Waals surface area contributed by atoms with Gasteiger partial charge in [0.25, 0.3) is 5.91 Å². The molecule has 1 amide bonds. The first kappa shape index (κ1) is 25.6. The minimum absolute atomic E-state index is 0.130. The highest BCUT2D eigenvalue weighted by Crippen LogP contribution is 2.39. The number of halogens is 1. The highest BCUT2D eigenvalue weighted by atomic mass is 19.1. The molecule has 0 unspecified atom stereocenters. The number of carbonyl (C=O) groups excluding carboxylic acids is 2. The second-order valence-corrected chi connectivity index (χ2v) is 8.95. The van der Waals surface area contributed by atoms with Crippen LogP contribution in [0.1, 0.15) is 43.4 Å². The van der Waals surface area contributed by atoms with Gasteiger partial charge in [-0.1, -0.05) is 12.1 Å². The molecule has 0 radical (unpaired) electrons. The van der Waals surface area contributed by atoms with Crippen LogP contribution in [0.25, 0.3) is 0 Å². The molecule has 192 valence electrons. The smallest absolute Gasteiger partial charge is 0.310 e. The molecule has 9 heteroatoms. The summed E-state index contributed by atoms with van der Waals surface area (Å²) in [7, 11) is 3.15. The van der Waals surface area contributed by atoms with E-state index in [9.17, 15) is 14.0 Å². The number of esters is 1. The number of piperidine rings is 1. The van der Waals surface area contributed by atoms with Crippen molar-refractivity contribution in [2.24, 2.45) is 11.0 Å². The SMILES string of the molecule is CCOC(=O)[C@@H]1CCCN(CC(=O)N2N=C(c3ccc(F)cc3)C[C@H]2c2ccc(OC)cc2OC)C1. The van der Waals surface area contributed by atoms with Gasteiger partial charge in [0.15, 0.2) is 0 Å².